The average Bonchev–Trinajstić information content (AvgIpc) is 2.60. The Kier molecular flexibility index (Phi) is 6.11. The molecular formula is C18H18N4O3S. The number of anilines is 1. The smallest absolute Gasteiger partial charge is 0.267 e. The van der Waals surface area contributed by atoms with Gasteiger partial charge in [0.25, 0.3) is 5.91 Å². The molecule has 0 unspecified atom stereocenters. The molecule has 7 nitrogen and oxygen atoms in total. The highest BCUT2D eigenvalue weighted by atomic mass is 32.2. The normalized spacial score (nSPS) is 11.5. The zero-order valence-corrected chi connectivity index (χ0v) is 14.9. The predicted octanol–water partition coefficient (Wildman–Crippen LogP) is 1.78. The van der Waals surface area contributed by atoms with Crippen molar-refractivity contribution in [2.75, 3.05) is 5.32 Å². The molecule has 0 spiro atoms. The SMILES string of the molecule is Cc1ccccc1NC(=O)/C(C#N)=C\NCc1ccc(S(N)(=O)=O)cc1. The summed E-state index contributed by atoms with van der Waals surface area (Å²) < 4.78 is 22.4. The van der Waals surface area contributed by atoms with Crippen LogP contribution in [0.1, 0.15) is 11.1 Å². The molecule has 0 aliphatic heterocycles. The number of primary sulfonamides is 1. The first-order valence-corrected chi connectivity index (χ1v) is 9.18. The Labute approximate surface area is 152 Å². The Bertz CT molecular complexity index is 974. The van der Waals surface area contributed by atoms with Crippen LogP contribution in [0.15, 0.2) is 65.2 Å². The predicted molar refractivity (Wildman–Crippen MR) is 98.2 cm³/mol. The molecule has 0 bridgehead atoms. The van der Waals surface area contributed by atoms with E-state index in [9.17, 15) is 13.2 Å². The summed E-state index contributed by atoms with van der Waals surface area (Å²) in [6.45, 7) is 2.17. The highest BCUT2D eigenvalue weighted by Crippen LogP contribution is 2.14. The molecule has 0 aliphatic carbocycles. The van der Waals surface area contributed by atoms with Crippen LogP contribution in [-0.4, -0.2) is 14.3 Å². The minimum atomic E-state index is -3.73. The molecule has 2 aromatic carbocycles. The number of carbonyl (C=O) groups is 1. The van der Waals surface area contributed by atoms with Gasteiger partial charge in [0, 0.05) is 18.4 Å². The number of benzene rings is 2. The van der Waals surface area contributed by atoms with E-state index < -0.39 is 15.9 Å². The maximum absolute atomic E-state index is 12.2. The van der Waals surface area contributed by atoms with Crippen molar-refractivity contribution in [3.05, 3.63) is 71.4 Å². The molecule has 26 heavy (non-hydrogen) atoms. The van der Waals surface area contributed by atoms with E-state index in [1.807, 2.05) is 25.1 Å². The molecule has 1 amide bonds. The van der Waals surface area contributed by atoms with E-state index in [0.717, 1.165) is 11.1 Å². The summed E-state index contributed by atoms with van der Waals surface area (Å²) in [6, 6.07) is 15.1. The monoisotopic (exact) mass is 370 g/mol. The average molecular weight is 370 g/mol. The summed E-state index contributed by atoms with van der Waals surface area (Å²) in [5.41, 5.74) is 2.22. The molecule has 2 rings (SSSR count). The molecule has 0 saturated heterocycles. The minimum Gasteiger partial charge on any atom is -0.386 e. The summed E-state index contributed by atoms with van der Waals surface area (Å²) in [6.07, 6.45) is 1.32. The van der Waals surface area contributed by atoms with Crippen molar-refractivity contribution in [3.8, 4) is 6.07 Å². The van der Waals surface area contributed by atoms with E-state index >= 15 is 0 Å². The topological polar surface area (TPSA) is 125 Å². The molecule has 0 saturated carbocycles. The third kappa shape index (κ3) is 5.17. The van der Waals surface area contributed by atoms with E-state index in [-0.39, 0.29) is 10.5 Å². The van der Waals surface area contributed by atoms with E-state index in [1.165, 1.54) is 18.3 Å². The van der Waals surface area contributed by atoms with Gasteiger partial charge in [-0.2, -0.15) is 5.26 Å². The number of amides is 1. The summed E-state index contributed by atoms with van der Waals surface area (Å²) in [4.78, 5) is 12.2. The summed E-state index contributed by atoms with van der Waals surface area (Å²) in [5, 5.41) is 19.8. The van der Waals surface area contributed by atoms with Crippen molar-refractivity contribution in [1.29, 1.82) is 5.26 Å². The van der Waals surface area contributed by atoms with Gasteiger partial charge in [-0.15, -0.1) is 0 Å². The lowest BCUT2D eigenvalue weighted by atomic mass is 10.2. The van der Waals surface area contributed by atoms with Crippen LogP contribution < -0.4 is 15.8 Å². The summed E-state index contributed by atoms with van der Waals surface area (Å²) in [7, 11) is -3.73. The number of nitriles is 1. The number of sulfonamides is 1. The molecule has 8 heteroatoms. The maximum atomic E-state index is 12.2. The number of nitrogens with one attached hydrogen (secondary N) is 2. The van der Waals surface area contributed by atoms with Crippen molar-refractivity contribution in [3.63, 3.8) is 0 Å². The van der Waals surface area contributed by atoms with Crippen LogP contribution in [0.2, 0.25) is 0 Å². The second-order valence-corrected chi connectivity index (χ2v) is 7.07. The van der Waals surface area contributed by atoms with Gasteiger partial charge in [0.15, 0.2) is 0 Å². The second-order valence-electron chi connectivity index (χ2n) is 5.51. The molecule has 0 heterocycles. The Morgan fingerprint density at radius 3 is 2.42 bits per heavy atom. The summed E-state index contributed by atoms with van der Waals surface area (Å²) in [5.74, 6) is -0.515. The van der Waals surface area contributed by atoms with Crippen LogP contribution in [0.3, 0.4) is 0 Å². The number of hydrogen-bond acceptors (Lipinski definition) is 5. The zero-order valence-electron chi connectivity index (χ0n) is 14.1. The molecule has 2 aromatic rings. The fourth-order valence-corrected chi connectivity index (χ4v) is 2.63. The maximum Gasteiger partial charge on any atom is 0.267 e. The lowest BCUT2D eigenvalue weighted by Crippen LogP contribution is -2.17. The number of aryl methyl sites for hydroxylation is 1. The van der Waals surface area contributed by atoms with Gasteiger partial charge >= 0.3 is 0 Å². The van der Waals surface area contributed by atoms with Gasteiger partial charge in [-0.3, -0.25) is 4.79 Å². The van der Waals surface area contributed by atoms with Gasteiger partial charge in [-0.1, -0.05) is 30.3 Å². The lowest BCUT2D eigenvalue weighted by molar-refractivity contribution is -0.112. The van der Waals surface area contributed by atoms with Gasteiger partial charge in [0.1, 0.15) is 11.6 Å². The quantitative estimate of drug-likeness (QED) is 0.528. The van der Waals surface area contributed by atoms with Crippen molar-refractivity contribution in [2.24, 2.45) is 5.14 Å². The third-order valence-corrected chi connectivity index (χ3v) is 4.49. The van der Waals surface area contributed by atoms with E-state index in [1.54, 1.807) is 24.3 Å². The Hall–Kier alpha value is -3.15. The first-order chi connectivity index (χ1) is 12.3. The fraction of sp³-hybridized carbons (Fsp3) is 0.111. The highest BCUT2D eigenvalue weighted by Gasteiger charge is 2.10. The molecule has 0 fully saturated rings. The van der Waals surface area contributed by atoms with E-state index in [4.69, 9.17) is 10.4 Å². The summed E-state index contributed by atoms with van der Waals surface area (Å²) >= 11 is 0. The van der Waals surface area contributed by atoms with Gasteiger partial charge in [-0.05, 0) is 36.2 Å². The second kappa shape index (κ2) is 8.29. The zero-order chi connectivity index (χ0) is 19.2. The van der Waals surface area contributed by atoms with Crippen LogP contribution in [0.4, 0.5) is 5.69 Å². The van der Waals surface area contributed by atoms with Crippen LogP contribution >= 0.6 is 0 Å². The molecule has 0 aromatic heterocycles. The third-order valence-electron chi connectivity index (χ3n) is 3.56. The largest absolute Gasteiger partial charge is 0.386 e. The number of para-hydroxylation sites is 1. The molecule has 0 atom stereocenters. The minimum absolute atomic E-state index is 0.0205. The first-order valence-electron chi connectivity index (χ1n) is 7.63. The molecule has 4 N–H and O–H groups in total. The number of hydrogen-bond donors (Lipinski definition) is 3. The number of nitrogens with two attached hydrogens (primary N) is 1. The van der Waals surface area contributed by atoms with Crippen molar-refractivity contribution in [1.82, 2.24) is 5.32 Å². The Morgan fingerprint density at radius 2 is 1.85 bits per heavy atom. The van der Waals surface area contributed by atoms with Gasteiger partial charge < -0.3 is 10.6 Å². The molecule has 134 valence electrons. The van der Waals surface area contributed by atoms with Gasteiger partial charge in [0.05, 0.1) is 4.90 Å². The van der Waals surface area contributed by atoms with Crippen LogP contribution in [-0.2, 0) is 21.4 Å². The van der Waals surface area contributed by atoms with E-state index in [2.05, 4.69) is 10.6 Å². The number of carbonyl (C=O) groups excluding carboxylic acids is 1. The van der Waals surface area contributed by atoms with Crippen LogP contribution in [0, 0.1) is 18.3 Å². The van der Waals surface area contributed by atoms with Crippen LogP contribution in [0.5, 0.6) is 0 Å². The fourth-order valence-electron chi connectivity index (χ4n) is 2.12. The Morgan fingerprint density at radius 1 is 1.19 bits per heavy atom. The van der Waals surface area contributed by atoms with Crippen LogP contribution in [0.25, 0.3) is 0 Å². The Balaban J connectivity index is 2.00. The first kappa shape index (κ1) is 19.2. The van der Waals surface area contributed by atoms with Gasteiger partial charge in [0.2, 0.25) is 10.0 Å². The molecule has 0 aliphatic rings. The standard InChI is InChI=1S/C18H18N4O3S/c1-13-4-2-3-5-17(13)22-18(23)15(10-19)12-21-11-14-6-8-16(9-7-14)26(20,24)25/h2-9,12,21H,11H2,1H3,(H,22,23)(H2,20,24,25)/b15-12-. The van der Waals surface area contributed by atoms with E-state index in [0.29, 0.717) is 12.2 Å². The molecular weight excluding hydrogens is 352 g/mol. The molecule has 0 radical (unpaired) electrons. The number of rotatable bonds is 6. The van der Waals surface area contributed by atoms with Crippen molar-refractivity contribution >= 4 is 21.6 Å². The van der Waals surface area contributed by atoms with Crippen molar-refractivity contribution < 1.29 is 13.2 Å². The van der Waals surface area contributed by atoms with Crippen molar-refractivity contribution in [2.45, 2.75) is 18.4 Å². The van der Waals surface area contributed by atoms with Gasteiger partial charge in [-0.25, -0.2) is 13.6 Å². The highest BCUT2D eigenvalue weighted by molar-refractivity contribution is 7.89. The lowest BCUT2D eigenvalue weighted by Gasteiger charge is -2.08. The number of nitrogens with zero attached hydrogens (tertiary/aromatic N) is 1.